The van der Waals surface area contributed by atoms with Crippen molar-refractivity contribution in [1.29, 1.82) is 0 Å². The molecule has 1 unspecified atom stereocenters. The predicted molar refractivity (Wildman–Crippen MR) is 93.6 cm³/mol. The Morgan fingerprint density at radius 2 is 2.09 bits per heavy atom. The fraction of sp³-hybridized carbons (Fsp3) is 0.588. The Bertz CT molecular complexity index is 496. The number of rotatable bonds is 5. The first-order valence-corrected chi connectivity index (χ1v) is 9.19. The van der Waals surface area contributed by atoms with E-state index in [9.17, 15) is 9.90 Å². The maximum atomic E-state index is 12.4. The van der Waals surface area contributed by atoms with Crippen molar-refractivity contribution in [2.45, 2.75) is 44.8 Å². The number of hydrogen-bond acceptors (Lipinski definition) is 3. The second-order valence-corrected chi connectivity index (χ2v) is 7.36. The molecule has 122 valence electrons. The van der Waals surface area contributed by atoms with E-state index < -0.39 is 5.60 Å². The van der Waals surface area contributed by atoms with E-state index in [-0.39, 0.29) is 12.1 Å². The predicted octanol–water partition coefficient (Wildman–Crippen LogP) is 3.36. The lowest BCUT2D eigenvalue weighted by molar-refractivity contribution is 0.0117. The van der Waals surface area contributed by atoms with Crippen molar-refractivity contribution in [2.75, 3.05) is 23.9 Å². The third-order valence-electron chi connectivity index (χ3n) is 4.13. The molecular formula is C17H26N2O2S. The first kappa shape index (κ1) is 17.2. The Labute approximate surface area is 137 Å². The maximum Gasteiger partial charge on any atom is 0.322 e. The van der Waals surface area contributed by atoms with Gasteiger partial charge >= 0.3 is 6.03 Å². The van der Waals surface area contributed by atoms with Crippen molar-refractivity contribution in [2.24, 2.45) is 0 Å². The van der Waals surface area contributed by atoms with Crippen molar-refractivity contribution in [3.8, 4) is 0 Å². The zero-order valence-corrected chi connectivity index (χ0v) is 14.4. The fourth-order valence-electron chi connectivity index (χ4n) is 2.91. The molecule has 5 heteroatoms. The Balaban J connectivity index is 1.96. The van der Waals surface area contributed by atoms with Crippen molar-refractivity contribution in [1.82, 2.24) is 4.90 Å². The van der Waals surface area contributed by atoms with E-state index in [1.165, 1.54) is 5.56 Å². The number of carbonyl (C=O) groups is 1. The van der Waals surface area contributed by atoms with Gasteiger partial charge in [-0.1, -0.05) is 12.1 Å². The molecule has 4 nitrogen and oxygen atoms in total. The van der Waals surface area contributed by atoms with Crippen LogP contribution in [0.2, 0.25) is 0 Å². The molecule has 0 spiro atoms. The van der Waals surface area contributed by atoms with Crippen LogP contribution in [0.3, 0.4) is 0 Å². The van der Waals surface area contributed by atoms with Gasteiger partial charge < -0.3 is 15.3 Å². The standard InChI is InChI=1S/C17H26N2O2S/c1-17(2,21)15-5-4-11-19(15)16(20)18-14-8-6-13(7-9-14)10-12-22-3/h6-9,15,21H,4-5,10-12H2,1-3H3,(H,18,20). The average Bonchev–Trinajstić information content (AvgIpc) is 2.96. The second kappa shape index (κ2) is 7.38. The number of anilines is 1. The average molecular weight is 322 g/mol. The third kappa shape index (κ3) is 4.40. The topological polar surface area (TPSA) is 52.6 Å². The summed E-state index contributed by atoms with van der Waals surface area (Å²) in [6, 6.07) is 7.77. The van der Waals surface area contributed by atoms with Crippen LogP contribution < -0.4 is 5.32 Å². The fourth-order valence-corrected chi connectivity index (χ4v) is 3.35. The van der Waals surface area contributed by atoms with Crippen molar-refractivity contribution in [3.63, 3.8) is 0 Å². The number of aliphatic hydroxyl groups is 1. The molecule has 0 radical (unpaired) electrons. The van der Waals surface area contributed by atoms with Gasteiger partial charge in [0.15, 0.2) is 0 Å². The van der Waals surface area contributed by atoms with Gasteiger partial charge in [0.2, 0.25) is 0 Å². The Morgan fingerprint density at radius 3 is 2.68 bits per heavy atom. The largest absolute Gasteiger partial charge is 0.388 e. The summed E-state index contributed by atoms with van der Waals surface area (Å²) in [5.74, 6) is 1.10. The SMILES string of the molecule is CSCCc1ccc(NC(=O)N2CCCC2C(C)(C)O)cc1. The van der Waals surface area contributed by atoms with Gasteiger partial charge in [0.05, 0.1) is 11.6 Å². The number of nitrogens with zero attached hydrogens (tertiary/aromatic N) is 1. The lowest BCUT2D eigenvalue weighted by Gasteiger charge is -2.33. The minimum absolute atomic E-state index is 0.117. The normalized spacial score (nSPS) is 18.5. The lowest BCUT2D eigenvalue weighted by Crippen LogP contribution is -2.49. The molecular weight excluding hydrogens is 296 g/mol. The summed E-state index contributed by atoms with van der Waals surface area (Å²) < 4.78 is 0. The summed E-state index contributed by atoms with van der Waals surface area (Å²) >= 11 is 1.83. The summed E-state index contributed by atoms with van der Waals surface area (Å²) in [4.78, 5) is 14.2. The first-order valence-electron chi connectivity index (χ1n) is 7.79. The molecule has 2 N–H and O–H groups in total. The van der Waals surface area contributed by atoms with Crippen LogP contribution in [-0.4, -0.2) is 46.2 Å². The summed E-state index contributed by atoms with van der Waals surface area (Å²) in [7, 11) is 0. The summed E-state index contributed by atoms with van der Waals surface area (Å²) in [6.07, 6.45) is 4.94. The van der Waals surface area contributed by atoms with E-state index in [2.05, 4.69) is 23.7 Å². The van der Waals surface area contributed by atoms with Gasteiger partial charge in [-0.05, 0) is 62.8 Å². The molecule has 1 aliphatic rings. The summed E-state index contributed by atoms with van der Waals surface area (Å²) in [5.41, 5.74) is 1.22. The highest BCUT2D eigenvalue weighted by molar-refractivity contribution is 7.98. The molecule has 1 atom stereocenters. The number of nitrogens with one attached hydrogen (secondary N) is 1. The van der Waals surface area contributed by atoms with Gasteiger partial charge in [0, 0.05) is 12.2 Å². The van der Waals surface area contributed by atoms with E-state index in [4.69, 9.17) is 0 Å². The van der Waals surface area contributed by atoms with Gasteiger partial charge in [-0.15, -0.1) is 0 Å². The Morgan fingerprint density at radius 1 is 1.41 bits per heavy atom. The highest BCUT2D eigenvalue weighted by Gasteiger charge is 2.38. The minimum Gasteiger partial charge on any atom is -0.388 e. The molecule has 0 aromatic heterocycles. The van der Waals surface area contributed by atoms with Crippen LogP contribution >= 0.6 is 11.8 Å². The quantitative estimate of drug-likeness (QED) is 0.874. The number of benzene rings is 1. The van der Waals surface area contributed by atoms with Gasteiger partial charge in [0.25, 0.3) is 0 Å². The second-order valence-electron chi connectivity index (χ2n) is 6.37. The molecule has 2 amide bonds. The van der Waals surface area contributed by atoms with Gasteiger partial charge in [-0.2, -0.15) is 11.8 Å². The van der Waals surface area contributed by atoms with Crippen LogP contribution in [-0.2, 0) is 6.42 Å². The smallest absolute Gasteiger partial charge is 0.322 e. The molecule has 22 heavy (non-hydrogen) atoms. The first-order chi connectivity index (χ1) is 10.4. The molecule has 1 fully saturated rings. The van der Waals surface area contributed by atoms with E-state index in [0.717, 1.165) is 30.7 Å². The number of hydrogen-bond donors (Lipinski definition) is 2. The van der Waals surface area contributed by atoms with E-state index >= 15 is 0 Å². The Kier molecular flexibility index (Phi) is 5.75. The molecule has 2 rings (SSSR count). The molecule has 1 heterocycles. The van der Waals surface area contributed by atoms with Crippen molar-refractivity contribution < 1.29 is 9.90 Å². The van der Waals surface area contributed by atoms with Crippen LogP contribution in [0.1, 0.15) is 32.3 Å². The maximum absolute atomic E-state index is 12.4. The number of aryl methyl sites for hydroxylation is 1. The minimum atomic E-state index is -0.866. The van der Waals surface area contributed by atoms with E-state index in [1.54, 1.807) is 18.7 Å². The van der Waals surface area contributed by atoms with Crippen LogP contribution in [0.5, 0.6) is 0 Å². The van der Waals surface area contributed by atoms with Gasteiger partial charge in [-0.25, -0.2) is 4.79 Å². The molecule has 1 aromatic rings. The molecule has 0 bridgehead atoms. The number of thioether (sulfide) groups is 1. The third-order valence-corrected chi connectivity index (χ3v) is 4.74. The highest BCUT2D eigenvalue weighted by Crippen LogP contribution is 2.27. The molecule has 1 aliphatic heterocycles. The zero-order chi connectivity index (χ0) is 16.2. The molecule has 0 aliphatic carbocycles. The van der Waals surface area contributed by atoms with Crippen molar-refractivity contribution in [3.05, 3.63) is 29.8 Å². The van der Waals surface area contributed by atoms with Crippen LogP contribution in [0.15, 0.2) is 24.3 Å². The van der Waals surface area contributed by atoms with Gasteiger partial charge in [-0.3, -0.25) is 0 Å². The number of urea groups is 1. The van der Waals surface area contributed by atoms with Gasteiger partial charge in [0.1, 0.15) is 0 Å². The zero-order valence-electron chi connectivity index (χ0n) is 13.6. The monoisotopic (exact) mass is 322 g/mol. The molecule has 1 aromatic carbocycles. The van der Waals surface area contributed by atoms with E-state index in [0.29, 0.717) is 6.54 Å². The number of likely N-dealkylation sites (tertiary alicyclic amines) is 1. The van der Waals surface area contributed by atoms with Crippen molar-refractivity contribution >= 4 is 23.5 Å². The molecule has 0 saturated carbocycles. The van der Waals surface area contributed by atoms with Crippen LogP contribution in [0.4, 0.5) is 10.5 Å². The highest BCUT2D eigenvalue weighted by atomic mass is 32.2. The van der Waals surface area contributed by atoms with E-state index in [1.807, 2.05) is 23.9 Å². The number of amides is 2. The summed E-state index contributed by atoms with van der Waals surface area (Å²) in [6.45, 7) is 4.24. The van der Waals surface area contributed by atoms with Crippen LogP contribution in [0, 0.1) is 0 Å². The molecule has 1 saturated heterocycles. The lowest BCUT2D eigenvalue weighted by atomic mass is 9.97. The Hall–Kier alpha value is -1.20. The summed E-state index contributed by atoms with van der Waals surface area (Å²) in [5, 5.41) is 13.1. The van der Waals surface area contributed by atoms with Crippen LogP contribution in [0.25, 0.3) is 0 Å². The number of carbonyl (C=O) groups excluding carboxylic acids is 1.